The Morgan fingerprint density at radius 2 is 2.15 bits per heavy atom. The first kappa shape index (κ1) is 16.4. The quantitative estimate of drug-likeness (QED) is 0.412. The van der Waals surface area contributed by atoms with E-state index in [1.54, 1.807) is 6.07 Å². The molecule has 0 fully saturated rings. The average Bonchev–Trinajstić information content (AvgIpc) is 2.41. The van der Waals surface area contributed by atoms with Crippen molar-refractivity contribution in [2.24, 2.45) is 0 Å². The molecule has 1 rings (SSSR count). The van der Waals surface area contributed by atoms with Crippen LogP contribution < -0.4 is 10.1 Å². The number of nitrogens with one attached hydrogen (secondary N) is 1. The fraction of sp³-hybridized carbons (Fsp3) is 0.571. The molecule has 0 aliphatic carbocycles. The monoisotopic (exact) mass is 282 g/mol. The number of benzene rings is 1. The van der Waals surface area contributed by atoms with Crippen LogP contribution in [0.3, 0.4) is 0 Å². The molecule has 112 valence electrons. The van der Waals surface area contributed by atoms with Gasteiger partial charge >= 0.3 is 5.69 Å². The van der Waals surface area contributed by atoms with Crippen LogP contribution in [-0.2, 0) is 6.54 Å². The van der Waals surface area contributed by atoms with Crippen molar-refractivity contribution in [2.45, 2.75) is 39.3 Å². The lowest BCUT2D eigenvalue weighted by molar-refractivity contribution is -0.385. The Bertz CT molecular complexity index is 435. The summed E-state index contributed by atoms with van der Waals surface area (Å²) in [5.41, 5.74) is 0.838. The van der Waals surface area contributed by atoms with Crippen LogP contribution in [0.2, 0.25) is 0 Å². The second-order valence-electron chi connectivity index (χ2n) is 4.87. The largest absolute Gasteiger partial charge is 0.487 e. The van der Waals surface area contributed by atoms with Gasteiger partial charge in [0.25, 0.3) is 0 Å². The van der Waals surface area contributed by atoms with E-state index in [9.17, 15) is 10.1 Å². The number of aliphatic hydroxyl groups excluding tert-OH is 1. The Labute approximate surface area is 118 Å². The summed E-state index contributed by atoms with van der Waals surface area (Å²) < 4.78 is 5.41. The van der Waals surface area contributed by atoms with E-state index >= 15 is 0 Å². The maximum Gasteiger partial charge on any atom is 0.311 e. The number of nitro groups is 1. The number of hydrogen-bond donors (Lipinski definition) is 2. The summed E-state index contributed by atoms with van der Waals surface area (Å²) in [5.74, 6) is 0.279. The molecule has 6 heteroatoms. The molecule has 0 aromatic heterocycles. The van der Waals surface area contributed by atoms with Gasteiger partial charge in [-0.05, 0) is 24.5 Å². The Balaban J connectivity index is 2.71. The van der Waals surface area contributed by atoms with Crippen molar-refractivity contribution in [2.75, 3.05) is 13.2 Å². The van der Waals surface area contributed by atoms with Crippen molar-refractivity contribution in [1.29, 1.82) is 0 Å². The van der Waals surface area contributed by atoms with Gasteiger partial charge in [0.2, 0.25) is 0 Å². The molecular formula is C14H22N2O4. The maximum absolute atomic E-state index is 11.1. The zero-order valence-corrected chi connectivity index (χ0v) is 12.0. The number of aliphatic hydroxyl groups is 1. The highest BCUT2D eigenvalue weighted by Gasteiger charge is 2.16. The van der Waals surface area contributed by atoms with Gasteiger partial charge in [0.05, 0.1) is 11.5 Å². The van der Waals surface area contributed by atoms with Gasteiger partial charge in [-0.25, -0.2) is 0 Å². The molecule has 0 amide bonds. The van der Waals surface area contributed by atoms with Gasteiger partial charge in [-0.2, -0.15) is 0 Å². The van der Waals surface area contributed by atoms with Crippen LogP contribution in [-0.4, -0.2) is 29.3 Å². The van der Waals surface area contributed by atoms with Crippen LogP contribution >= 0.6 is 0 Å². The third-order valence-electron chi connectivity index (χ3n) is 2.74. The number of rotatable bonds is 9. The molecule has 0 saturated carbocycles. The summed E-state index contributed by atoms with van der Waals surface area (Å²) in [4.78, 5) is 10.6. The number of nitro benzene ring substituents is 1. The molecule has 1 aromatic rings. The topological polar surface area (TPSA) is 84.6 Å². The predicted molar refractivity (Wildman–Crippen MR) is 76.9 cm³/mol. The van der Waals surface area contributed by atoms with Crippen LogP contribution in [0.25, 0.3) is 0 Å². The molecule has 0 radical (unpaired) electrons. The summed E-state index contributed by atoms with van der Waals surface area (Å²) >= 11 is 0. The Morgan fingerprint density at radius 3 is 2.75 bits per heavy atom. The number of ether oxygens (including phenoxy) is 1. The second kappa shape index (κ2) is 8.50. The third-order valence-corrected chi connectivity index (χ3v) is 2.74. The highest BCUT2D eigenvalue weighted by Crippen LogP contribution is 2.28. The summed E-state index contributed by atoms with van der Waals surface area (Å²) in [6.07, 6.45) is 1.30. The number of hydrogen-bond acceptors (Lipinski definition) is 5. The normalized spacial score (nSPS) is 10.8. The van der Waals surface area contributed by atoms with Gasteiger partial charge in [-0.3, -0.25) is 10.1 Å². The first-order valence-electron chi connectivity index (χ1n) is 6.79. The highest BCUT2D eigenvalue weighted by atomic mass is 16.6. The van der Waals surface area contributed by atoms with E-state index < -0.39 is 4.92 Å². The molecule has 0 spiro atoms. The SMILES string of the molecule is CC(C)NCc1ccc(OCCCCO)c([N+](=O)[O-])c1. The first-order valence-corrected chi connectivity index (χ1v) is 6.79. The molecule has 2 N–H and O–H groups in total. The highest BCUT2D eigenvalue weighted by molar-refractivity contribution is 5.48. The van der Waals surface area contributed by atoms with Crippen LogP contribution in [0.1, 0.15) is 32.3 Å². The van der Waals surface area contributed by atoms with E-state index in [1.807, 2.05) is 19.9 Å². The van der Waals surface area contributed by atoms with E-state index in [-0.39, 0.29) is 18.0 Å². The van der Waals surface area contributed by atoms with Crippen LogP contribution in [0.4, 0.5) is 5.69 Å². The molecule has 0 aliphatic rings. The van der Waals surface area contributed by atoms with Crippen molar-refractivity contribution in [3.63, 3.8) is 0 Å². The van der Waals surface area contributed by atoms with E-state index in [0.29, 0.717) is 32.0 Å². The van der Waals surface area contributed by atoms with Gasteiger partial charge < -0.3 is 15.2 Å². The van der Waals surface area contributed by atoms with E-state index in [1.165, 1.54) is 6.07 Å². The smallest absolute Gasteiger partial charge is 0.311 e. The summed E-state index contributed by atoms with van der Waals surface area (Å²) in [6.45, 7) is 5.10. The lowest BCUT2D eigenvalue weighted by atomic mass is 10.1. The second-order valence-corrected chi connectivity index (χ2v) is 4.87. The lowest BCUT2D eigenvalue weighted by Gasteiger charge is -2.10. The minimum Gasteiger partial charge on any atom is -0.487 e. The lowest BCUT2D eigenvalue weighted by Crippen LogP contribution is -2.21. The zero-order valence-electron chi connectivity index (χ0n) is 12.0. The Morgan fingerprint density at radius 1 is 1.40 bits per heavy atom. The van der Waals surface area contributed by atoms with Crippen LogP contribution in [0, 0.1) is 10.1 Å². The minimum absolute atomic E-state index is 0.0166. The van der Waals surface area contributed by atoms with Crippen molar-refractivity contribution >= 4 is 5.69 Å². The van der Waals surface area contributed by atoms with Crippen LogP contribution in [0.5, 0.6) is 5.75 Å². The number of unbranched alkanes of at least 4 members (excludes halogenated alkanes) is 1. The molecule has 0 atom stereocenters. The van der Waals surface area contributed by atoms with Crippen molar-refractivity contribution in [3.8, 4) is 5.75 Å². The van der Waals surface area contributed by atoms with Gasteiger partial charge in [0.1, 0.15) is 0 Å². The summed E-state index contributed by atoms with van der Waals surface area (Å²) in [6, 6.07) is 5.32. The minimum atomic E-state index is -0.430. The molecule has 0 unspecified atom stereocenters. The molecular weight excluding hydrogens is 260 g/mol. The van der Waals surface area contributed by atoms with Crippen molar-refractivity contribution in [1.82, 2.24) is 5.32 Å². The Hall–Kier alpha value is -1.66. The van der Waals surface area contributed by atoms with Crippen LogP contribution in [0.15, 0.2) is 18.2 Å². The molecule has 6 nitrogen and oxygen atoms in total. The van der Waals surface area contributed by atoms with Gasteiger partial charge in [-0.15, -0.1) is 0 Å². The van der Waals surface area contributed by atoms with E-state index in [0.717, 1.165) is 5.56 Å². The molecule has 1 aromatic carbocycles. The molecule has 0 saturated heterocycles. The zero-order chi connectivity index (χ0) is 15.0. The molecule has 20 heavy (non-hydrogen) atoms. The third kappa shape index (κ3) is 5.54. The molecule has 0 aliphatic heterocycles. The van der Waals surface area contributed by atoms with Gasteiger partial charge in [-0.1, -0.05) is 19.9 Å². The first-order chi connectivity index (χ1) is 9.54. The summed E-state index contributed by atoms with van der Waals surface area (Å²) in [7, 11) is 0. The van der Waals surface area contributed by atoms with Crippen molar-refractivity contribution in [3.05, 3.63) is 33.9 Å². The maximum atomic E-state index is 11.1. The standard InChI is InChI=1S/C14H22N2O4/c1-11(2)15-10-12-5-6-14(13(9-12)16(18)19)20-8-4-3-7-17/h5-6,9,11,15,17H,3-4,7-8,10H2,1-2H3. The average molecular weight is 282 g/mol. The van der Waals surface area contributed by atoms with Gasteiger partial charge in [0.15, 0.2) is 5.75 Å². The van der Waals surface area contributed by atoms with E-state index in [4.69, 9.17) is 9.84 Å². The Kier molecular flexibility index (Phi) is 6.97. The van der Waals surface area contributed by atoms with Gasteiger partial charge in [0, 0.05) is 25.3 Å². The van der Waals surface area contributed by atoms with Crippen molar-refractivity contribution < 1.29 is 14.8 Å². The van der Waals surface area contributed by atoms with E-state index in [2.05, 4.69) is 5.32 Å². The number of nitrogens with zero attached hydrogens (tertiary/aromatic N) is 1. The predicted octanol–water partition coefficient (Wildman–Crippen LogP) is 2.24. The fourth-order valence-electron chi connectivity index (χ4n) is 1.66. The molecule has 0 heterocycles. The fourth-order valence-corrected chi connectivity index (χ4v) is 1.66. The molecule has 0 bridgehead atoms. The summed E-state index contributed by atoms with van der Waals surface area (Å²) in [5, 5.41) is 23.0.